The predicted molar refractivity (Wildman–Crippen MR) is 67.0 cm³/mol. The third kappa shape index (κ3) is 2.13. The summed E-state index contributed by atoms with van der Waals surface area (Å²) in [4.78, 5) is 0. The third-order valence-electron chi connectivity index (χ3n) is 2.50. The van der Waals surface area contributed by atoms with Crippen LogP contribution in [0.5, 0.6) is 0 Å². The molecule has 0 radical (unpaired) electrons. The lowest BCUT2D eigenvalue weighted by Gasteiger charge is -2.07. The van der Waals surface area contributed by atoms with E-state index >= 15 is 0 Å². The summed E-state index contributed by atoms with van der Waals surface area (Å²) < 4.78 is 15.1. The van der Waals surface area contributed by atoms with Gasteiger partial charge in [-0.3, -0.25) is 0 Å². The van der Waals surface area contributed by atoms with E-state index < -0.39 is 5.82 Å². The number of hydrogen-bond acceptors (Lipinski definition) is 2. The second-order valence-corrected chi connectivity index (χ2v) is 4.54. The Morgan fingerprint density at radius 2 is 2.12 bits per heavy atom. The van der Waals surface area contributed by atoms with Crippen molar-refractivity contribution in [1.29, 1.82) is 0 Å². The summed E-state index contributed by atoms with van der Waals surface area (Å²) in [5, 5.41) is 4.56. The average molecular weight is 254 g/mol. The molecular formula is C12H13ClFN3. The van der Waals surface area contributed by atoms with E-state index in [9.17, 15) is 4.39 Å². The topological polar surface area (TPSA) is 43.8 Å². The van der Waals surface area contributed by atoms with Crippen LogP contribution in [0.3, 0.4) is 0 Å². The molecule has 0 fully saturated rings. The van der Waals surface area contributed by atoms with E-state index in [-0.39, 0.29) is 16.6 Å². The molecule has 0 aliphatic carbocycles. The van der Waals surface area contributed by atoms with Crippen LogP contribution in [0.25, 0.3) is 5.69 Å². The summed E-state index contributed by atoms with van der Waals surface area (Å²) >= 11 is 5.97. The minimum Gasteiger partial charge on any atom is -0.384 e. The van der Waals surface area contributed by atoms with E-state index in [1.165, 1.54) is 10.7 Å². The molecule has 0 atom stereocenters. The first-order chi connectivity index (χ1) is 8.00. The number of benzene rings is 1. The summed E-state index contributed by atoms with van der Waals surface area (Å²) in [5.74, 6) is 0.160. The van der Waals surface area contributed by atoms with E-state index in [1.807, 2.05) is 13.8 Å². The van der Waals surface area contributed by atoms with Gasteiger partial charge >= 0.3 is 0 Å². The second kappa shape index (κ2) is 4.37. The molecule has 0 unspecified atom stereocenters. The van der Waals surface area contributed by atoms with Gasteiger partial charge in [0.1, 0.15) is 17.3 Å². The van der Waals surface area contributed by atoms with Gasteiger partial charge in [-0.25, -0.2) is 9.07 Å². The van der Waals surface area contributed by atoms with Gasteiger partial charge in [-0.2, -0.15) is 5.10 Å². The first-order valence-corrected chi connectivity index (χ1v) is 5.68. The Morgan fingerprint density at radius 3 is 2.65 bits per heavy atom. The molecule has 2 N–H and O–H groups in total. The van der Waals surface area contributed by atoms with E-state index in [0.29, 0.717) is 5.82 Å². The van der Waals surface area contributed by atoms with Gasteiger partial charge < -0.3 is 5.73 Å². The van der Waals surface area contributed by atoms with E-state index in [1.54, 1.807) is 18.2 Å². The Kier molecular flexibility index (Phi) is 3.07. The van der Waals surface area contributed by atoms with Gasteiger partial charge in [-0.15, -0.1) is 0 Å². The van der Waals surface area contributed by atoms with Gasteiger partial charge in [0, 0.05) is 6.07 Å². The molecule has 90 valence electrons. The van der Waals surface area contributed by atoms with E-state index in [0.717, 1.165) is 5.69 Å². The number of para-hydroxylation sites is 1. The van der Waals surface area contributed by atoms with Crippen LogP contribution < -0.4 is 5.73 Å². The number of nitrogens with two attached hydrogens (primary N) is 1. The summed E-state index contributed by atoms with van der Waals surface area (Å²) in [6.07, 6.45) is 0. The van der Waals surface area contributed by atoms with E-state index in [2.05, 4.69) is 5.10 Å². The van der Waals surface area contributed by atoms with E-state index in [4.69, 9.17) is 17.3 Å². The molecule has 1 heterocycles. The van der Waals surface area contributed by atoms with Gasteiger partial charge in [-0.05, 0) is 18.1 Å². The summed E-state index contributed by atoms with van der Waals surface area (Å²) in [6, 6.07) is 6.21. The number of halogens is 2. The standard InChI is InChI=1S/C12H13ClFN3/c1-7(2)10-6-11(15)17(16-10)12-8(13)4-3-5-9(12)14/h3-7H,15H2,1-2H3. The molecule has 1 aromatic carbocycles. The van der Waals surface area contributed by atoms with Crippen molar-refractivity contribution in [3.05, 3.63) is 40.8 Å². The molecule has 0 spiro atoms. The van der Waals surface area contributed by atoms with Crippen molar-refractivity contribution >= 4 is 17.4 Å². The fraction of sp³-hybridized carbons (Fsp3) is 0.250. The third-order valence-corrected chi connectivity index (χ3v) is 2.80. The molecule has 2 aromatic rings. The quantitative estimate of drug-likeness (QED) is 0.892. The molecule has 0 amide bonds. The van der Waals surface area contributed by atoms with Crippen LogP contribution in [0.15, 0.2) is 24.3 Å². The SMILES string of the molecule is CC(C)c1cc(N)n(-c2c(F)cccc2Cl)n1. The summed E-state index contributed by atoms with van der Waals surface area (Å²) in [7, 11) is 0. The van der Waals surface area contributed by atoms with Crippen molar-refractivity contribution in [2.24, 2.45) is 0 Å². The van der Waals surface area contributed by atoms with Gasteiger partial charge in [0.25, 0.3) is 0 Å². The molecule has 0 aliphatic rings. The lowest BCUT2D eigenvalue weighted by atomic mass is 10.1. The lowest BCUT2D eigenvalue weighted by Crippen LogP contribution is -2.05. The first-order valence-electron chi connectivity index (χ1n) is 5.30. The smallest absolute Gasteiger partial charge is 0.150 e. The molecule has 0 bridgehead atoms. The number of rotatable bonds is 2. The number of nitrogens with zero attached hydrogens (tertiary/aromatic N) is 2. The second-order valence-electron chi connectivity index (χ2n) is 4.13. The zero-order chi connectivity index (χ0) is 12.6. The molecular weight excluding hydrogens is 241 g/mol. The fourth-order valence-electron chi connectivity index (χ4n) is 1.57. The number of anilines is 1. The number of nitrogen functional groups attached to an aromatic ring is 1. The molecule has 2 rings (SSSR count). The first kappa shape index (κ1) is 11.9. The van der Waals surface area contributed by atoms with Crippen LogP contribution in [0, 0.1) is 5.82 Å². The van der Waals surface area contributed by atoms with Crippen molar-refractivity contribution < 1.29 is 4.39 Å². The maximum Gasteiger partial charge on any atom is 0.150 e. The molecule has 1 aromatic heterocycles. The molecule has 17 heavy (non-hydrogen) atoms. The zero-order valence-electron chi connectivity index (χ0n) is 9.61. The van der Waals surface area contributed by atoms with Crippen LogP contribution in [0.4, 0.5) is 10.2 Å². The van der Waals surface area contributed by atoms with Crippen molar-refractivity contribution in [3.63, 3.8) is 0 Å². The number of hydrogen-bond donors (Lipinski definition) is 1. The maximum atomic E-state index is 13.7. The maximum absolute atomic E-state index is 13.7. The van der Waals surface area contributed by atoms with Crippen molar-refractivity contribution in [2.75, 3.05) is 5.73 Å². The predicted octanol–water partition coefficient (Wildman–Crippen LogP) is 3.37. The van der Waals surface area contributed by atoms with Gasteiger partial charge in [-0.1, -0.05) is 31.5 Å². The highest BCUT2D eigenvalue weighted by Gasteiger charge is 2.15. The molecule has 0 saturated carbocycles. The van der Waals surface area contributed by atoms with Crippen LogP contribution in [-0.4, -0.2) is 9.78 Å². The van der Waals surface area contributed by atoms with Gasteiger partial charge in [0.2, 0.25) is 0 Å². The Balaban J connectivity index is 2.61. The van der Waals surface area contributed by atoms with Crippen LogP contribution in [-0.2, 0) is 0 Å². The Morgan fingerprint density at radius 1 is 1.41 bits per heavy atom. The highest BCUT2D eigenvalue weighted by Crippen LogP contribution is 2.27. The fourth-order valence-corrected chi connectivity index (χ4v) is 1.81. The average Bonchev–Trinajstić information content (AvgIpc) is 2.61. The highest BCUT2D eigenvalue weighted by molar-refractivity contribution is 6.32. The van der Waals surface area contributed by atoms with Gasteiger partial charge in [0.15, 0.2) is 0 Å². The Bertz CT molecular complexity index is 528. The lowest BCUT2D eigenvalue weighted by molar-refractivity contribution is 0.609. The summed E-state index contributed by atoms with van der Waals surface area (Å²) in [5.41, 5.74) is 6.82. The van der Waals surface area contributed by atoms with Crippen LogP contribution in [0.1, 0.15) is 25.5 Å². The monoisotopic (exact) mass is 253 g/mol. The minimum atomic E-state index is -0.442. The molecule has 3 nitrogen and oxygen atoms in total. The largest absolute Gasteiger partial charge is 0.384 e. The summed E-state index contributed by atoms with van der Waals surface area (Å²) in [6.45, 7) is 3.99. The van der Waals surface area contributed by atoms with Crippen LogP contribution in [0.2, 0.25) is 5.02 Å². The van der Waals surface area contributed by atoms with Crippen molar-refractivity contribution in [2.45, 2.75) is 19.8 Å². The van der Waals surface area contributed by atoms with Crippen molar-refractivity contribution in [1.82, 2.24) is 9.78 Å². The normalized spacial score (nSPS) is 11.1. The molecule has 0 saturated heterocycles. The van der Waals surface area contributed by atoms with Crippen LogP contribution >= 0.6 is 11.6 Å². The number of aromatic nitrogens is 2. The minimum absolute atomic E-state index is 0.193. The zero-order valence-corrected chi connectivity index (χ0v) is 10.4. The highest BCUT2D eigenvalue weighted by atomic mass is 35.5. The Labute approximate surface area is 104 Å². The molecule has 5 heteroatoms. The van der Waals surface area contributed by atoms with Gasteiger partial charge in [0.05, 0.1) is 10.7 Å². The molecule has 0 aliphatic heterocycles. The Hall–Kier alpha value is -1.55. The van der Waals surface area contributed by atoms with Crippen molar-refractivity contribution in [3.8, 4) is 5.69 Å².